The first-order valence-corrected chi connectivity index (χ1v) is 8.98. The molecule has 1 fully saturated rings. The van der Waals surface area contributed by atoms with Crippen molar-refractivity contribution in [3.05, 3.63) is 29.8 Å². The van der Waals surface area contributed by atoms with E-state index in [0.29, 0.717) is 13.1 Å². The van der Waals surface area contributed by atoms with Gasteiger partial charge in [-0.15, -0.1) is 0 Å². The van der Waals surface area contributed by atoms with Crippen LogP contribution in [0.3, 0.4) is 0 Å². The molecule has 8 heteroatoms. The Morgan fingerprint density at radius 2 is 1.81 bits per heavy atom. The summed E-state index contributed by atoms with van der Waals surface area (Å²) in [5.74, 6) is -1.35. The van der Waals surface area contributed by atoms with Gasteiger partial charge in [-0.05, 0) is 45.7 Å². The largest absolute Gasteiger partial charge is 0.478 e. The summed E-state index contributed by atoms with van der Waals surface area (Å²) in [6.45, 7) is 6.94. The molecule has 3 N–H and O–H groups in total. The molecule has 0 aliphatic carbocycles. The van der Waals surface area contributed by atoms with Crippen molar-refractivity contribution in [2.75, 3.05) is 25.0 Å². The van der Waals surface area contributed by atoms with Crippen molar-refractivity contribution in [2.45, 2.75) is 45.3 Å². The van der Waals surface area contributed by atoms with Gasteiger partial charge in [0, 0.05) is 19.1 Å². The summed E-state index contributed by atoms with van der Waals surface area (Å²) in [5, 5.41) is 14.7. The summed E-state index contributed by atoms with van der Waals surface area (Å²) in [6.07, 6.45) is 1.01. The van der Waals surface area contributed by atoms with Crippen molar-refractivity contribution >= 4 is 23.7 Å². The molecule has 0 unspecified atom stereocenters. The Morgan fingerprint density at radius 1 is 1.19 bits per heavy atom. The monoisotopic (exact) mass is 377 g/mol. The molecule has 1 aliphatic heterocycles. The molecule has 0 aromatic heterocycles. The van der Waals surface area contributed by atoms with Gasteiger partial charge in [0.1, 0.15) is 5.60 Å². The maximum atomic E-state index is 12.2. The number of nitrogens with zero attached hydrogens (tertiary/aromatic N) is 1. The molecule has 0 atom stereocenters. The van der Waals surface area contributed by atoms with E-state index in [1.807, 2.05) is 25.7 Å². The lowest BCUT2D eigenvalue weighted by Gasteiger charge is -2.32. The van der Waals surface area contributed by atoms with Gasteiger partial charge in [-0.3, -0.25) is 9.69 Å². The van der Waals surface area contributed by atoms with Crippen molar-refractivity contribution in [2.24, 2.45) is 0 Å². The molecule has 1 aromatic rings. The highest BCUT2D eigenvalue weighted by Crippen LogP contribution is 2.16. The van der Waals surface area contributed by atoms with Gasteiger partial charge in [0.05, 0.1) is 17.8 Å². The minimum Gasteiger partial charge on any atom is -0.478 e. The second-order valence-corrected chi connectivity index (χ2v) is 7.60. The second kappa shape index (κ2) is 8.85. The minimum atomic E-state index is -1.08. The second-order valence-electron chi connectivity index (χ2n) is 7.60. The molecule has 0 bridgehead atoms. The Kier molecular flexibility index (Phi) is 6.79. The lowest BCUT2D eigenvalue weighted by Crippen LogP contribution is -2.47. The van der Waals surface area contributed by atoms with Crippen molar-refractivity contribution in [1.82, 2.24) is 10.2 Å². The van der Waals surface area contributed by atoms with Crippen LogP contribution < -0.4 is 10.6 Å². The average molecular weight is 377 g/mol. The molecule has 27 heavy (non-hydrogen) atoms. The highest BCUT2D eigenvalue weighted by molar-refractivity contribution is 6.01. The number of rotatable bonds is 5. The number of para-hydroxylation sites is 1. The van der Waals surface area contributed by atoms with Gasteiger partial charge in [0.2, 0.25) is 5.91 Å². The molecule has 2 rings (SSSR count). The number of ether oxygens (including phenoxy) is 1. The van der Waals surface area contributed by atoms with Crippen LogP contribution in [0.25, 0.3) is 0 Å². The Hall–Kier alpha value is -2.61. The zero-order chi connectivity index (χ0) is 20.0. The summed E-state index contributed by atoms with van der Waals surface area (Å²) < 4.78 is 5.25. The number of anilines is 1. The third-order valence-corrected chi connectivity index (χ3v) is 4.11. The van der Waals surface area contributed by atoms with E-state index in [2.05, 4.69) is 10.6 Å². The van der Waals surface area contributed by atoms with E-state index >= 15 is 0 Å². The number of benzene rings is 1. The van der Waals surface area contributed by atoms with Crippen LogP contribution in [-0.4, -0.2) is 59.3 Å². The van der Waals surface area contributed by atoms with Crippen molar-refractivity contribution < 1.29 is 24.2 Å². The predicted molar refractivity (Wildman–Crippen MR) is 101 cm³/mol. The molecule has 2 amide bonds. The van der Waals surface area contributed by atoms with E-state index < -0.39 is 17.7 Å². The Balaban J connectivity index is 1.78. The van der Waals surface area contributed by atoms with E-state index in [1.165, 1.54) is 6.07 Å². The van der Waals surface area contributed by atoms with E-state index in [4.69, 9.17) is 9.84 Å². The first-order chi connectivity index (χ1) is 12.6. The molecule has 0 radical (unpaired) electrons. The molecule has 0 spiro atoms. The van der Waals surface area contributed by atoms with Gasteiger partial charge in [0.25, 0.3) is 0 Å². The van der Waals surface area contributed by atoms with Gasteiger partial charge in [-0.2, -0.15) is 0 Å². The zero-order valence-electron chi connectivity index (χ0n) is 15.9. The number of carboxylic acids is 1. The summed E-state index contributed by atoms with van der Waals surface area (Å²) >= 11 is 0. The number of alkyl carbamates (subject to hydrolysis) is 1. The van der Waals surface area contributed by atoms with Gasteiger partial charge >= 0.3 is 12.1 Å². The molecule has 1 aromatic carbocycles. The minimum absolute atomic E-state index is 0.0203. The first-order valence-electron chi connectivity index (χ1n) is 8.98. The summed E-state index contributed by atoms with van der Waals surface area (Å²) in [4.78, 5) is 37.2. The van der Waals surface area contributed by atoms with Gasteiger partial charge < -0.3 is 20.5 Å². The molecular formula is C19H27N3O5. The number of hydrogen-bond donors (Lipinski definition) is 3. The molecule has 8 nitrogen and oxygen atoms in total. The van der Waals surface area contributed by atoms with E-state index in [1.54, 1.807) is 18.2 Å². The molecule has 1 aliphatic rings. The van der Waals surface area contributed by atoms with Crippen LogP contribution in [0.4, 0.5) is 10.5 Å². The highest BCUT2D eigenvalue weighted by Gasteiger charge is 2.24. The average Bonchev–Trinajstić information content (AvgIpc) is 2.55. The Bertz CT molecular complexity index is 691. The fraction of sp³-hybridized carbons (Fsp3) is 0.526. The number of hydrogen-bond acceptors (Lipinski definition) is 5. The summed E-state index contributed by atoms with van der Waals surface area (Å²) in [7, 11) is 0. The summed E-state index contributed by atoms with van der Waals surface area (Å²) in [5.41, 5.74) is -0.183. The number of carbonyl (C=O) groups excluding carboxylic acids is 2. The van der Waals surface area contributed by atoms with Crippen molar-refractivity contribution in [3.63, 3.8) is 0 Å². The topological polar surface area (TPSA) is 108 Å². The number of aromatic carboxylic acids is 1. The van der Waals surface area contributed by atoms with Gasteiger partial charge in [0.15, 0.2) is 0 Å². The van der Waals surface area contributed by atoms with Gasteiger partial charge in [-0.1, -0.05) is 12.1 Å². The highest BCUT2D eigenvalue weighted by atomic mass is 16.6. The van der Waals surface area contributed by atoms with Crippen LogP contribution in [0.1, 0.15) is 44.0 Å². The lowest BCUT2D eigenvalue weighted by molar-refractivity contribution is -0.117. The molecule has 1 saturated heterocycles. The quantitative estimate of drug-likeness (QED) is 0.727. The number of likely N-dealkylation sites (tertiary alicyclic amines) is 1. The molecule has 148 valence electrons. The van der Waals surface area contributed by atoms with Crippen molar-refractivity contribution in [1.29, 1.82) is 0 Å². The van der Waals surface area contributed by atoms with Crippen LogP contribution in [-0.2, 0) is 9.53 Å². The summed E-state index contributed by atoms with van der Waals surface area (Å²) in [6, 6.07) is 6.33. The third kappa shape index (κ3) is 6.90. The number of carbonyl (C=O) groups is 3. The molecule has 1 heterocycles. The predicted octanol–water partition coefficient (Wildman–Crippen LogP) is 2.31. The van der Waals surface area contributed by atoms with Crippen LogP contribution in [0.2, 0.25) is 0 Å². The normalized spacial score (nSPS) is 15.8. The fourth-order valence-electron chi connectivity index (χ4n) is 2.88. The van der Waals surface area contributed by atoms with Crippen molar-refractivity contribution in [3.8, 4) is 0 Å². The maximum Gasteiger partial charge on any atom is 0.407 e. The Morgan fingerprint density at radius 3 is 2.41 bits per heavy atom. The fourth-order valence-corrected chi connectivity index (χ4v) is 2.88. The van der Waals surface area contributed by atoms with E-state index in [-0.39, 0.29) is 29.7 Å². The SMILES string of the molecule is CC(C)(C)OC(=O)NC1CCN(CC(=O)Nc2ccccc2C(=O)O)CC1. The zero-order valence-corrected chi connectivity index (χ0v) is 15.9. The number of amides is 2. The molecule has 0 saturated carbocycles. The first kappa shape index (κ1) is 20.7. The van der Waals surface area contributed by atoms with Crippen LogP contribution in [0, 0.1) is 0 Å². The lowest BCUT2D eigenvalue weighted by atomic mass is 10.1. The number of nitrogens with one attached hydrogen (secondary N) is 2. The van der Waals surface area contributed by atoms with Crippen LogP contribution in [0.15, 0.2) is 24.3 Å². The van der Waals surface area contributed by atoms with Crippen LogP contribution in [0.5, 0.6) is 0 Å². The maximum absolute atomic E-state index is 12.2. The number of piperidine rings is 1. The smallest absolute Gasteiger partial charge is 0.407 e. The van der Waals surface area contributed by atoms with E-state index in [9.17, 15) is 14.4 Å². The van der Waals surface area contributed by atoms with Crippen LogP contribution >= 0.6 is 0 Å². The van der Waals surface area contributed by atoms with Gasteiger partial charge in [-0.25, -0.2) is 9.59 Å². The number of carboxylic acid groups (broad SMARTS) is 1. The third-order valence-electron chi connectivity index (χ3n) is 4.11. The molecular weight excluding hydrogens is 350 g/mol. The Labute approximate surface area is 158 Å². The van der Waals surface area contributed by atoms with E-state index in [0.717, 1.165) is 12.8 Å². The standard InChI is InChI=1S/C19H27N3O5/c1-19(2,3)27-18(26)20-13-8-10-22(11-9-13)12-16(23)21-15-7-5-4-6-14(15)17(24)25/h4-7,13H,8-12H2,1-3H3,(H,20,26)(H,21,23)(H,24,25).